The van der Waals surface area contributed by atoms with E-state index in [1.807, 2.05) is 31.2 Å². The Bertz CT molecular complexity index is 610. The molecular formula is C17H19NO2. The molecule has 0 saturated heterocycles. The average molecular weight is 269 g/mol. The van der Waals surface area contributed by atoms with Gasteiger partial charge >= 0.3 is 0 Å². The zero-order valence-corrected chi connectivity index (χ0v) is 12.0. The van der Waals surface area contributed by atoms with Crippen molar-refractivity contribution in [3.63, 3.8) is 0 Å². The first kappa shape index (κ1) is 14.3. The van der Waals surface area contributed by atoms with E-state index in [0.29, 0.717) is 5.56 Å². The number of amides is 1. The third-order valence-corrected chi connectivity index (χ3v) is 3.13. The number of aliphatic hydroxyl groups is 1. The average Bonchev–Trinajstić information content (AvgIpc) is 2.38. The van der Waals surface area contributed by atoms with Crippen LogP contribution in [0.1, 0.15) is 35.3 Å². The van der Waals surface area contributed by atoms with Gasteiger partial charge in [0.2, 0.25) is 0 Å². The Morgan fingerprint density at radius 1 is 1.10 bits per heavy atom. The first-order valence-corrected chi connectivity index (χ1v) is 6.57. The van der Waals surface area contributed by atoms with E-state index in [2.05, 4.69) is 5.32 Å². The number of carbonyl (C=O) groups is 1. The fourth-order valence-electron chi connectivity index (χ4n) is 1.96. The van der Waals surface area contributed by atoms with Crippen LogP contribution >= 0.6 is 0 Å². The lowest BCUT2D eigenvalue weighted by atomic mass is 9.97. The predicted octanol–water partition coefficient (Wildman–Crippen LogP) is 3.47. The van der Waals surface area contributed by atoms with Crippen molar-refractivity contribution >= 4 is 11.6 Å². The monoisotopic (exact) mass is 269 g/mol. The largest absolute Gasteiger partial charge is 0.386 e. The van der Waals surface area contributed by atoms with Gasteiger partial charge in [0.15, 0.2) is 0 Å². The van der Waals surface area contributed by atoms with Gasteiger partial charge in [-0.15, -0.1) is 0 Å². The Balaban J connectivity index is 2.14. The third-order valence-electron chi connectivity index (χ3n) is 3.13. The molecule has 1 amide bonds. The molecule has 0 bridgehead atoms. The highest BCUT2D eigenvalue weighted by atomic mass is 16.3. The Morgan fingerprint density at radius 3 is 2.30 bits per heavy atom. The minimum Gasteiger partial charge on any atom is -0.386 e. The lowest BCUT2D eigenvalue weighted by Crippen LogP contribution is -2.16. The quantitative estimate of drug-likeness (QED) is 0.896. The fraction of sp³-hybridized carbons (Fsp3) is 0.235. The van der Waals surface area contributed by atoms with Gasteiger partial charge in [-0.2, -0.15) is 0 Å². The van der Waals surface area contributed by atoms with Gasteiger partial charge in [0.05, 0.1) is 5.60 Å². The number of anilines is 1. The predicted molar refractivity (Wildman–Crippen MR) is 80.8 cm³/mol. The Kier molecular flexibility index (Phi) is 3.91. The smallest absolute Gasteiger partial charge is 0.255 e. The van der Waals surface area contributed by atoms with E-state index in [1.54, 1.807) is 38.1 Å². The lowest BCUT2D eigenvalue weighted by Gasteiger charge is -2.17. The van der Waals surface area contributed by atoms with Crippen LogP contribution in [0, 0.1) is 6.92 Å². The van der Waals surface area contributed by atoms with E-state index < -0.39 is 5.60 Å². The minimum atomic E-state index is -0.897. The summed E-state index contributed by atoms with van der Waals surface area (Å²) in [4.78, 5) is 12.1. The number of aryl methyl sites for hydroxylation is 1. The van der Waals surface area contributed by atoms with Crippen LogP contribution in [-0.2, 0) is 5.60 Å². The SMILES string of the molecule is Cc1cccc(NC(=O)c2ccc(C(C)(C)O)cc2)c1. The number of nitrogens with one attached hydrogen (secondary N) is 1. The number of rotatable bonds is 3. The summed E-state index contributed by atoms with van der Waals surface area (Å²) in [7, 11) is 0. The molecule has 0 radical (unpaired) electrons. The van der Waals surface area contributed by atoms with E-state index in [1.165, 1.54) is 0 Å². The first-order valence-electron chi connectivity index (χ1n) is 6.57. The molecule has 3 nitrogen and oxygen atoms in total. The Hall–Kier alpha value is -2.13. The summed E-state index contributed by atoms with van der Waals surface area (Å²) in [6, 6.07) is 14.6. The molecule has 2 N–H and O–H groups in total. The van der Waals surface area contributed by atoms with Crippen LogP contribution in [0.25, 0.3) is 0 Å². The molecule has 0 aliphatic rings. The van der Waals surface area contributed by atoms with Gasteiger partial charge < -0.3 is 10.4 Å². The summed E-state index contributed by atoms with van der Waals surface area (Å²) >= 11 is 0. The highest BCUT2D eigenvalue weighted by Gasteiger charge is 2.16. The molecule has 0 saturated carbocycles. The van der Waals surface area contributed by atoms with Gasteiger partial charge in [0.25, 0.3) is 5.91 Å². The molecular weight excluding hydrogens is 250 g/mol. The molecule has 0 atom stereocenters. The lowest BCUT2D eigenvalue weighted by molar-refractivity contribution is 0.0785. The zero-order chi connectivity index (χ0) is 14.8. The normalized spacial score (nSPS) is 11.2. The van der Waals surface area contributed by atoms with Gasteiger partial charge in [-0.05, 0) is 56.2 Å². The van der Waals surface area contributed by atoms with Crippen LogP contribution in [0.15, 0.2) is 48.5 Å². The van der Waals surface area contributed by atoms with Crippen molar-refractivity contribution in [1.82, 2.24) is 0 Å². The molecule has 0 aromatic heterocycles. The minimum absolute atomic E-state index is 0.155. The zero-order valence-electron chi connectivity index (χ0n) is 12.0. The second kappa shape index (κ2) is 5.47. The standard InChI is InChI=1S/C17H19NO2/c1-12-5-4-6-15(11-12)18-16(19)13-7-9-14(10-8-13)17(2,3)20/h4-11,20H,1-3H3,(H,18,19). The van der Waals surface area contributed by atoms with Crippen molar-refractivity contribution in [3.05, 3.63) is 65.2 Å². The molecule has 2 rings (SSSR count). The van der Waals surface area contributed by atoms with E-state index in [-0.39, 0.29) is 5.91 Å². The number of hydrogen-bond acceptors (Lipinski definition) is 2. The van der Waals surface area contributed by atoms with Crippen molar-refractivity contribution in [1.29, 1.82) is 0 Å². The van der Waals surface area contributed by atoms with E-state index in [4.69, 9.17) is 0 Å². The summed E-state index contributed by atoms with van der Waals surface area (Å²) in [6.07, 6.45) is 0. The van der Waals surface area contributed by atoms with Crippen molar-refractivity contribution in [3.8, 4) is 0 Å². The molecule has 0 heterocycles. The maximum absolute atomic E-state index is 12.1. The van der Waals surface area contributed by atoms with E-state index in [9.17, 15) is 9.90 Å². The molecule has 0 fully saturated rings. The van der Waals surface area contributed by atoms with Crippen molar-refractivity contribution in [2.75, 3.05) is 5.32 Å². The summed E-state index contributed by atoms with van der Waals surface area (Å²) in [5, 5.41) is 12.7. The topological polar surface area (TPSA) is 49.3 Å². The van der Waals surface area contributed by atoms with Crippen LogP contribution in [0.2, 0.25) is 0 Å². The van der Waals surface area contributed by atoms with Crippen LogP contribution in [0.5, 0.6) is 0 Å². The molecule has 2 aromatic rings. The second-order valence-corrected chi connectivity index (χ2v) is 5.46. The molecule has 3 heteroatoms. The Morgan fingerprint density at radius 2 is 1.75 bits per heavy atom. The molecule has 104 valence electrons. The molecule has 2 aromatic carbocycles. The van der Waals surface area contributed by atoms with Crippen molar-refractivity contribution in [2.24, 2.45) is 0 Å². The van der Waals surface area contributed by atoms with Crippen LogP contribution in [0.3, 0.4) is 0 Å². The molecule has 0 spiro atoms. The number of carbonyl (C=O) groups excluding carboxylic acids is 1. The molecule has 0 aliphatic carbocycles. The summed E-state index contributed by atoms with van der Waals surface area (Å²) in [5.74, 6) is -0.155. The van der Waals surface area contributed by atoms with Crippen LogP contribution in [0.4, 0.5) is 5.69 Å². The number of benzene rings is 2. The van der Waals surface area contributed by atoms with Crippen molar-refractivity contribution < 1.29 is 9.90 Å². The first-order chi connectivity index (χ1) is 9.36. The summed E-state index contributed by atoms with van der Waals surface area (Å²) in [5.41, 5.74) is 2.33. The molecule has 0 aliphatic heterocycles. The molecule has 20 heavy (non-hydrogen) atoms. The van der Waals surface area contributed by atoms with Crippen LogP contribution < -0.4 is 5.32 Å². The van der Waals surface area contributed by atoms with Gasteiger partial charge in [-0.3, -0.25) is 4.79 Å². The van der Waals surface area contributed by atoms with Gasteiger partial charge in [0, 0.05) is 11.3 Å². The highest BCUT2D eigenvalue weighted by molar-refractivity contribution is 6.04. The fourth-order valence-corrected chi connectivity index (χ4v) is 1.96. The van der Waals surface area contributed by atoms with Gasteiger partial charge in [-0.1, -0.05) is 24.3 Å². The third kappa shape index (κ3) is 3.45. The van der Waals surface area contributed by atoms with E-state index >= 15 is 0 Å². The van der Waals surface area contributed by atoms with Crippen molar-refractivity contribution in [2.45, 2.75) is 26.4 Å². The molecule has 0 unspecified atom stereocenters. The van der Waals surface area contributed by atoms with Gasteiger partial charge in [-0.25, -0.2) is 0 Å². The van der Waals surface area contributed by atoms with E-state index in [0.717, 1.165) is 16.8 Å². The van der Waals surface area contributed by atoms with Gasteiger partial charge in [0.1, 0.15) is 0 Å². The second-order valence-electron chi connectivity index (χ2n) is 5.46. The highest BCUT2D eigenvalue weighted by Crippen LogP contribution is 2.20. The maximum atomic E-state index is 12.1. The Labute approximate surface area is 119 Å². The summed E-state index contributed by atoms with van der Waals surface area (Å²) in [6.45, 7) is 5.41. The summed E-state index contributed by atoms with van der Waals surface area (Å²) < 4.78 is 0. The maximum Gasteiger partial charge on any atom is 0.255 e. The van der Waals surface area contributed by atoms with Crippen LogP contribution in [-0.4, -0.2) is 11.0 Å². The number of hydrogen-bond donors (Lipinski definition) is 2.